The molecule has 1 aliphatic heterocycles. The maximum absolute atomic E-state index is 12.9. The van der Waals surface area contributed by atoms with Gasteiger partial charge in [0.05, 0.1) is 4.90 Å². The van der Waals surface area contributed by atoms with Crippen LogP contribution in [-0.2, 0) is 10.0 Å². The molecule has 0 spiro atoms. The van der Waals surface area contributed by atoms with Crippen molar-refractivity contribution in [1.29, 1.82) is 0 Å². The minimum absolute atomic E-state index is 0.0101. The Kier molecular flexibility index (Phi) is 4.76. The number of piperidine rings is 1. The maximum atomic E-state index is 12.9. The van der Waals surface area contributed by atoms with Crippen molar-refractivity contribution in [3.8, 4) is 0 Å². The summed E-state index contributed by atoms with van der Waals surface area (Å²) < 4.78 is 28.7. The van der Waals surface area contributed by atoms with E-state index in [1.807, 2.05) is 27.7 Å². The van der Waals surface area contributed by atoms with Crippen LogP contribution < -0.4 is 10.0 Å². The summed E-state index contributed by atoms with van der Waals surface area (Å²) in [5, 5.41) is 3.30. The fourth-order valence-electron chi connectivity index (χ4n) is 3.03. The lowest BCUT2D eigenvalue weighted by atomic mass is 9.97. The Balaban J connectivity index is 2.40. The van der Waals surface area contributed by atoms with Crippen molar-refractivity contribution >= 4 is 10.0 Å². The summed E-state index contributed by atoms with van der Waals surface area (Å²) in [7, 11) is -3.48. The summed E-state index contributed by atoms with van der Waals surface area (Å²) in [6.07, 6.45) is 0.837. The number of aryl methyl sites for hydroxylation is 2. The standard InChI is InChI=1S/C16H26N2O2S/c1-10-8-11(2)14(5)16(13(10)4)21(19,20)18-15-6-7-17-9-12(15)3/h8,12,15,17-18H,6-7,9H2,1-5H3. The lowest BCUT2D eigenvalue weighted by molar-refractivity contribution is 0.328. The van der Waals surface area contributed by atoms with Gasteiger partial charge in [-0.15, -0.1) is 0 Å². The van der Waals surface area contributed by atoms with E-state index in [4.69, 9.17) is 0 Å². The van der Waals surface area contributed by atoms with E-state index in [2.05, 4.69) is 23.0 Å². The highest BCUT2D eigenvalue weighted by Gasteiger charge is 2.29. The molecule has 0 saturated carbocycles. The van der Waals surface area contributed by atoms with Crippen LogP contribution in [-0.4, -0.2) is 27.5 Å². The second-order valence-corrected chi connectivity index (χ2v) is 7.94. The molecule has 1 aliphatic rings. The predicted molar refractivity (Wildman–Crippen MR) is 86.2 cm³/mol. The van der Waals surface area contributed by atoms with E-state index >= 15 is 0 Å². The third kappa shape index (κ3) is 3.30. The Hall–Kier alpha value is -0.910. The average molecular weight is 310 g/mol. The van der Waals surface area contributed by atoms with Crippen LogP contribution in [0.3, 0.4) is 0 Å². The zero-order valence-electron chi connectivity index (χ0n) is 13.6. The highest BCUT2D eigenvalue weighted by Crippen LogP contribution is 2.27. The SMILES string of the molecule is Cc1cc(C)c(C)c(S(=O)(=O)NC2CCNCC2C)c1C. The van der Waals surface area contributed by atoms with Crippen LogP contribution in [0.5, 0.6) is 0 Å². The highest BCUT2D eigenvalue weighted by atomic mass is 32.2. The molecule has 2 unspecified atom stereocenters. The Labute approximate surface area is 128 Å². The van der Waals surface area contributed by atoms with E-state index in [9.17, 15) is 8.42 Å². The smallest absolute Gasteiger partial charge is 0.241 e. The van der Waals surface area contributed by atoms with E-state index in [0.29, 0.717) is 10.8 Å². The first-order valence-electron chi connectivity index (χ1n) is 7.54. The van der Waals surface area contributed by atoms with Gasteiger partial charge in [-0.05, 0) is 75.4 Å². The number of hydrogen-bond donors (Lipinski definition) is 2. The zero-order chi connectivity index (χ0) is 15.8. The minimum Gasteiger partial charge on any atom is -0.316 e. The summed E-state index contributed by atoms with van der Waals surface area (Å²) in [5.41, 5.74) is 3.76. The van der Waals surface area contributed by atoms with Gasteiger partial charge in [-0.1, -0.05) is 13.0 Å². The molecule has 0 amide bonds. The maximum Gasteiger partial charge on any atom is 0.241 e. The molecule has 0 aliphatic carbocycles. The van der Waals surface area contributed by atoms with Crippen molar-refractivity contribution in [2.75, 3.05) is 13.1 Å². The highest BCUT2D eigenvalue weighted by molar-refractivity contribution is 7.89. The summed E-state index contributed by atoms with van der Waals surface area (Å²) >= 11 is 0. The molecule has 0 radical (unpaired) electrons. The topological polar surface area (TPSA) is 58.2 Å². The van der Waals surface area contributed by atoms with Gasteiger partial charge < -0.3 is 5.32 Å². The van der Waals surface area contributed by atoms with Gasteiger partial charge in [0.25, 0.3) is 0 Å². The molecule has 1 fully saturated rings. The van der Waals surface area contributed by atoms with Crippen LogP contribution >= 0.6 is 0 Å². The molecule has 1 heterocycles. The van der Waals surface area contributed by atoms with E-state index in [1.54, 1.807) is 0 Å². The third-order valence-electron chi connectivity index (χ3n) is 4.66. The first-order chi connectivity index (χ1) is 9.74. The first-order valence-corrected chi connectivity index (χ1v) is 9.03. The average Bonchev–Trinajstić information content (AvgIpc) is 2.39. The number of benzene rings is 1. The normalized spacial score (nSPS) is 23.3. The van der Waals surface area contributed by atoms with Crippen LogP contribution in [0.4, 0.5) is 0 Å². The molecule has 1 saturated heterocycles. The quantitative estimate of drug-likeness (QED) is 0.900. The molecule has 2 atom stereocenters. The van der Waals surface area contributed by atoms with Crippen LogP contribution in [0.15, 0.2) is 11.0 Å². The molecule has 2 rings (SSSR count). The summed E-state index contributed by atoms with van der Waals surface area (Å²) in [6.45, 7) is 11.5. The van der Waals surface area contributed by atoms with Gasteiger partial charge in [0.2, 0.25) is 10.0 Å². The lowest BCUT2D eigenvalue weighted by Gasteiger charge is -2.30. The van der Waals surface area contributed by atoms with Crippen molar-refractivity contribution in [2.24, 2.45) is 5.92 Å². The van der Waals surface area contributed by atoms with Crippen LogP contribution in [0.2, 0.25) is 0 Å². The van der Waals surface area contributed by atoms with E-state index in [-0.39, 0.29) is 6.04 Å². The molecule has 5 heteroatoms. The summed E-state index contributed by atoms with van der Waals surface area (Å²) in [6, 6.07) is 2.06. The molecular weight excluding hydrogens is 284 g/mol. The minimum atomic E-state index is -3.48. The monoisotopic (exact) mass is 310 g/mol. The van der Waals surface area contributed by atoms with Crippen molar-refractivity contribution < 1.29 is 8.42 Å². The van der Waals surface area contributed by atoms with E-state index < -0.39 is 10.0 Å². The lowest BCUT2D eigenvalue weighted by Crippen LogP contribution is -2.48. The van der Waals surface area contributed by atoms with Gasteiger partial charge in [-0.25, -0.2) is 13.1 Å². The number of rotatable bonds is 3. The van der Waals surface area contributed by atoms with Gasteiger partial charge in [0.1, 0.15) is 0 Å². The molecule has 0 bridgehead atoms. The zero-order valence-corrected chi connectivity index (χ0v) is 14.4. The van der Waals surface area contributed by atoms with Gasteiger partial charge in [0.15, 0.2) is 0 Å². The molecule has 21 heavy (non-hydrogen) atoms. The number of hydrogen-bond acceptors (Lipinski definition) is 3. The predicted octanol–water partition coefficient (Wildman–Crippen LogP) is 2.20. The molecule has 1 aromatic rings. The van der Waals surface area contributed by atoms with E-state index in [1.165, 1.54) is 0 Å². The second-order valence-electron chi connectivity index (χ2n) is 6.29. The third-order valence-corrected chi connectivity index (χ3v) is 6.42. The first kappa shape index (κ1) is 16.5. The van der Waals surface area contributed by atoms with Gasteiger partial charge in [-0.2, -0.15) is 0 Å². The van der Waals surface area contributed by atoms with Crippen molar-refractivity contribution in [3.05, 3.63) is 28.3 Å². The fourth-order valence-corrected chi connectivity index (χ4v) is 5.03. The Morgan fingerprint density at radius 3 is 2.24 bits per heavy atom. The molecule has 4 nitrogen and oxygen atoms in total. The Morgan fingerprint density at radius 1 is 1.14 bits per heavy atom. The molecular formula is C16H26N2O2S. The van der Waals surface area contributed by atoms with Crippen molar-refractivity contribution in [2.45, 2.75) is 52.0 Å². The molecule has 1 aromatic carbocycles. The van der Waals surface area contributed by atoms with Crippen LogP contribution in [0.1, 0.15) is 35.6 Å². The molecule has 2 N–H and O–H groups in total. The number of nitrogens with one attached hydrogen (secondary N) is 2. The molecule has 0 aromatic heterocycles. The van der Waals surface area contributed by atoms with Crippen molar-refractivity contribution in [3.63, 3.8) is 0 Å². The van der Waals surface area contributed by atoms with Crippen LogP contribution in [0.25, 0.3) is 0 Å². The summed E-state index contributed by atoms with van der Waals surface area (Å²) in [5.74, 6) is 0.306. The van der Waals surface area contributed by atoms with Gasteiger partial charge in [-0.3, -0.25) is 0 Å². The van der Waals surface area contributed by atoms with Gasteiger partial charge >= 0.3 is 0 Å². The largest absolute Gasteiger partial charge is 0.316 e. The second kappa shape index (κ2) is 6.07. The number of sulfonamides is 1. The Bertz CT molecular complexity index is 612. The summed E-state index contributed by atoms with van der Waals surface area (Å²) in [4.78, 5) is 0.464. The van der Waals surface area contributed by atoms with Gasteiger partial charge in [0, 0.05) is 6.04 Å². The Morgan fingerprint density at radius 2 is 1.71 bits per heavy atom. The fraction of sp³-hybridized carbons (Fsp3) is 0.625. The van der Waals surface area contributed by atoms with E-state index in [0.717, 1.165) is 41.8 Å². The van der Waals surface area contributed by atoms with Crippen molar-refractivity contribution in [1.82, 2.24) is 10.0 Å². The molecule has 118 valence electrons. The van der Waals surface area contributed by atoms with Crippen LogP contribution in [0, 0.1) is 33.6 Å².